The van der Waals surface area contributed by atoms with Crippen LogP contribution in [0.3, 0.4) is 0 Å². The van der Waals surface area contributed by atoms with E-state index in [4.69, 9.17) is 4.74 Å². The molecule has 1 atom stereocenters. The smallest absolute Gasteiger partial charge is 0.0477 e. The molecule has 0 saturated heterocycles. The average molecular weight is 343 g/mol. The van der Waals surface area contributed by atoms with Crippen LogP contribution in [0, 0.1) is 0 Å². The van der Waals surface area contributed by atoms with Crippen LogP contribution in [0.5, 0.6) is 0 Å². The number of hydrogen-bond acceptors (Lipinski definition) is 3. The highest BCUT2D eigenvalue weighted by Crippen LogP contribution is 2.13. The van der Waals surface area contributed by atoms with Crippen LogP contribution in [0.1, 0.15) is 25.8 Å². The Morgan fingerprint density at radius 3 is 2.90 bits per heavy atom. The molecule has 20 heavy (non-hydrogen) atoms. The van der Waals surface area contributed by atoms with E-state index in [1.54, 1.807) is 0 Å². The molecule has 0 aromatic heterocycles. The minimum Gasteiger partial charge on any atom is -0.382 e. The van der Waals surface area contributed by atoms with Gasteiger partial charge in [0.05, 0.1) is 0 Å². The summed E-state index contributed by atoms with van der Waals surface area (Å²) in [6.07, 6.45) is 1.08. The van der Waals surface area contributed by atoms with Gasteiger partial charge in [0.15, 0.2) is 0 Å². The van der Waals surface area contributed by atoms with Crippen molar-refractivity contribution in [1.29, 1.82) is 0 Å². The number of hydrogen-bond donors (Lipinski definition) is 1. The van der Waals surface area contributed by atoms with Gasteiger partial charge in [0.25, 0.3) is 0 Å². The number of benzene rings is 1. The molecule has 1 rings (SSSR count). The number of likely N-dealkylation sites (N-methyl/N-ethyl adjacent to an activating group) is 1. The lowest BCUT2D eigenvalue weighted by molar-refractivity contribution is 0.144. The summed E-state index contributed by atoms with van der Waals surface area (Å²) in [5.41, 5.74) is 1.34. The molecular formula is C16H27BrN2O. The molecule has 0 radical (unpaired) electrons. The van der Waals surface area contributed by atoms with Crippen LogP contribution in [-0.4, -0.2) is 44.3 Å². The van der Waals surface area contributed by atoms with Crippen LogP contribution in [0.2, 0.25) is 0 Å². The molecule has 0 amide bonds. The van der Waals surface area contributed by atoms with E-state index in [0.717, 1.165) is 43.7 Å². The minimum atomic E-state index is 0.515. The third-order valence-corrected chi connectivity index (χ3v) is 3.85. The molecule has 0 saturated carbocycles. The van der Waals surface area contributed by atoms with Crippen molar-refractivity contribution in [2.24, 2.45) is 0 Å². The minimum absolute atomic E-state index is 0.515. The summed E-state index contributed by atoms with van der Waals surface area (Å²) in [7, 11) is 2.17. The zero-order chi connectivity index (χ0) is 14.8. The van der Waals surface area contributed by atoms with Gasteiger partial charge in [0, 0.05) is 36.8 Å². The van der Waals surface area contributed by atoms with Crippen LogP contribution in [-0.2, 0) is 11.3 Å². The zero-order valence-electron chi connectivity index (χ0n) is 12.9. The van der Waals surface area contributed by atoms with Crippen molar-refractivity contribution in [1.82, 2.24) is 10.2 Å². The Hall–Kier alpha value is -0.420. The third kappa shape index (κ3) is 7.39. The van der Waals surface area contributed by atoms with Crippen molar-refractivity contribution in [3.8, 4) is 0 Å². The first kappa shape index (κ1) is 17.6. The molecule has 0 aliphatic carbocycles. The van der Waals surface area contributed by atoms with Crippen LogP contribution in [0.25, 0.3) is 0 Å². The predicted molar refractivity (Wildman–Crippen MR) is 89.1 cm³/mol. The maximum atomic E-state index is 5.32. The molecule has 4 heteroatoms. The van der Waals surface area contributed by atoms with Crippen LogP contribution in [0.4, 0.5) is 0 Å². The monoisotopic (exact) mass is 342 g/mol. The first-order valence-corrected chi connectivity index (χ1v) is 8.16. The number of halogens is 1. The van der Waals surface area contributed by atoms with Gasteiger partial charge in [-0.1, -0.05) is 28.1 Å². The molecule has 0 aliphatic rings. The maximum absolute atomic E-state index is 5.32. The van der Waals surface area contributed by atoms with Gasteiger partial charge in [-0.2, -0.15) is 0 Å². The summed E-state index contributed by atoms with van der Waals surface area (Å²) >= 11 is 3.52. The van der Waals surface area contributed by atoms with Crippen LogP contribution >= 0.6 is 15.9 Å². The molecule has 0 spiro atoms. The fourth-order valence-corrected chi connectivity index (χ4v) is 2.44. The van der Waals surface area contributed by atoms with Gasteiger partial charge in [-0.15, -0.1) is 0 Å². The van der Waals surface area contributed by atoms with Gasteiger partial charge in [-0.3, -0.25) is 4.90 Å². The molecule has 0 heterocycles. The van der Waals surface area contributed by atoms with Gasteiger partial charge >= 0.3 is 0 Å². The van der Waals surface area contributed by atoms with E-state index in [1.165, 1.54) is 5.56 Å². The summed E-state index contributed by atoms with van der Waals surface area (Å²) in [6.45, 7) is 8.96. The first-order valence-electron chi connectivity index (χ1n) is 7.36. The number of nitrogens with one attached hydrogen (secondary N) is 1. The summed E-state index contributed by atoms with van der Waals surface area (Å²) in [5, 5.41) is 3.49. The summed E-state index contributed by atoms with van der Waals surface area (Å²) in [5.74, 6) is 0. The van der Waals surface area contributed by atoms with Crippen molar-refractivity contribution in [3.05, 3.63) is 34.3 Å². The number of ether oxygens (including phenoxy) is 1. The fraction of sp³-hybridized carbons (Fsp3) is 0.625. The van der Waals surface area contributed by atoms with Gasteiger partial charge in [0.2, 0.25) is 0 Å². The molecule has 3 nitrogen and oxygen atoms in total. The summed E-state index contributed by atoms with van der Waals surface area (Å²) < 4.78 is 6.47. The molecule has 1 unspecified atom stereocenters. The maximum Gasteiger partial charge on any atom is 0.0477 e. The quantitative estimate of drug-likeness (QED) is 0.660. The van der Waals surface area contributed by atoms with Crippen molar-refractivity contribution < 1.29 is 4.74 Å². The van der Waals surface area contributed by atoms with E-state index in [2.05, 4.69) is 64.4 Å². The molecule has 0 fully saturated rings. The molecular weight excluding hydrogens is 316 g/mol. The van der Waals surface area contributed by atoms with Crippen LogP contribution < -0.4 is 5.32 Å². The zero-order valence-corrected chi connectivity index (χ0v) is 14.4. The van der Waals surface area contributed by atoms with Crippen molar-refractivity contribution in [2.75, 3.05) is 33.4 Å². The molecule has 1 N–H and O–H groups in total. The van der Waals surface area contributed by atoms with Gasteiger partial charge in [-0.25, -0.2) is 0 Å². The molecule has 114 valence electrons. The Labute approximate surface area is 131 Å². The van der Waals surface area contributed by atoms with Crippen molar-refractivity contribution in [2.45, 2.75) is 32.9 Å². The second-order valence-electron chi connectivity index (χ2n) is 5.15. The number of rotatable bonds is 10. The average Bonchev–Trinajstić information content (AvgIpc) is 2.42. The Morgan fingerprint density at radius 1 is 1.40 bits per heavy atom. The Bertz CT molecular complexity index is 373. The second-order valence-corrected chi connectivity index (χ2v) is 6.06. The van der Waals surface area contributed by atoms with E-state index >= 15 is 0 Å². The first-order chi connectivity index (χ1) is 9.63. The highest BCUT2D eigenvalue weighted by atomic mass is 79.9. The van der Waals surface area contributed by atoms with E-state index in [9.17, 15) is 0 Å². The standard InChI is InChI=1S/C16H27BrN2O/c1-4-20-10-6-9-18-12-14(2)19(3)13-15-7-5-8-16(17)11-15/h5,7-8,11,14,18H,4,6,9-10,12-13H2,1-3H3. The van der Waals surface area contributed by atoms with Crippen molar-refractivity contribution in [3.63, 3.8) is 0 Å². The number of nitrogens with zero attached hydrogens (tertiary/aromatic N) is 1. The lowest BCUT2D eigenvalue weighted by atomic mass is 10.2. The van der Waals surface area contributed by atoms with Gasteiger partial charge in [-0.05, 0) is 51.6 Å². The Balaban J connectivity index is 2.20. The SMILES string of the molecule is CCOCCCNCC(C)N(C)Cc1cccc(Br)c1. The van der Waals surface area contributed by atoms with Gasteiger partial charge < -0.3 is 10.1 Å². The van der Waals surface area contributed by atoms with Crippen LogP contribution in [0.15, 0.2) is 28.7 Å². The van der Waals surface area contributed by atoms with E-state index < -0.39 is 0 Å². The Kier molecular flexibility index (Phi) is 9.10. The largest absolute Gasteiger partial charge is 0.382 e. The van der Waals surface area contributed by atoms with Gasteiger partial charge in [0.1, 0.15) is 0 Å². The third-order valence-electron chi connectivity index (χ3n) is 3.36. The molecule has 1 aromatic rings. The second kappa shape index (κ2) is 10.3. The summed E-state index contributed by atoms with van der Waals surface area (Å²) in [6, 6.07) is 9.01. The highest BCUT2D eigenvalue weighted by Gasteiger charge is 2.09. The van der Waals surface area contributed by atoms with E-state index in [-0.39, 0.29) is 0 Å². The molecule has 1 aromatic carbocycles. The van der Waals surface area contributed by atoms with E-state index in [1.807, 2.05) is 6.92 Å². The molecule has 0 bridgehead atoms. The normalized spacial score (nSPS) is 12.8. The summed E-state index contributed by atoms with van der Waals surface area (Å²) in [4.78, 5) is 2.37. The van der Waals surface area contributed by atoms with E-state index in [0.29, 0.717) is 6.04 Å². The Morgan fingerprint density at radius 2 is 2.20 bits per heavy atom. The lowest BCUT2D eigenvalue weighted by Crippen LogP contribution is -2.38. The topological polar surface area (TPSA) is 24.5 Å². The predicted octanol–water partition coefficient (Wildman–Crippen LogP) is 3.29. The lowest BCUT2D eigenvalue weighted by Gasteiger charge is -2.25. The fourth-order valence-electron chi connectivity index (χ4n) is 1.99. The highest BCUT2D eigenvalue weighted by molar-refractivity contribution is 9.10. The molecule has 0 aliphatic heterocycles. The van der Waals surface area contributed by atoms with Crippen molar-refractivity contribution >= 4 is 15.9 Å².